The van der Waals surface area contributed by atoms with Gasteiger partial charge in [-0.25, -0.2) is 13.6 Å². The summed E-state index contributed by atoms with van der Waals surface area (Å²) >= 11 is 0. The van der Waals surface area contributed by atoms with Crippen LogP contribution < -0.4 is 0 Å². The van der Waals surface area contributed by atoms with Crippen molar-refractivity contribution in [1.29, 1.82) is 0 Å². The fourth-order valence-electron chi connectivity index (χ4n) is 1.38. The molecule has 16 heavy (non-hydrogen) atoms. The fourth-order valence-corrected chi connectivity index (χ4v) is 1.38. The molecule has 78 valence electrons. The van der Waals surface area contributed by atoms with E-state index in [1.54, 1.807) is 0 Å². The molecular weight excluding hydrogens is 210 g/mol. The van der Waals surface area contributed by atoms with Gasteiger partial charge in [-0.05, 0) is 18.2 Å². The maximum atomic E-state index is 13.5. The zero-order chi connectivity index (χ0) is 11.5. The predicted molar refractivity (Wildman–Crippen MR) is 55.9 cm³/mol. The number of nitrogens with zero attached hydrogens (tertiary/aromatic N) is 2. The van der Waals surface area contributed by atoms with Crippen LogP contribution in [0.25, 0.3) is 16.0 Å². The van der Waals surface area contributed by atoms with Gasteiger partial charge in [-0.3, -0.25) is 4.98 Å². The lowest BCUT2D eigenvalue weighted by Gasteiger charge is -2.04. The van der Waals surface area contributed by atoms with E-state index in [-0.39, 0.29) is 16.8 Å². The van der Waals surface area contributed by atoms with Crippen molar-refractivity contribution in [3.05, 3.63) is 59.7 Å². The van der Waals surface area contributed by atoms with Crippen LogP contribution in [0.15, 0.2) is 36.7 Å². The minimum Gasteiger partial charge on any atom is -0.262 e. The molecule has 4 heteroatoms. The van der Waals surface area contributed by atoms with Crippen molar-refractivity contribution in [2.24, 2.45) is 0 Å². The highest BCUT2D eigenvalue weighted by Gasteiger charge is 2.10. The molecule has 1 aromatic heterocycles. The van der Waals surface area contributed by atoms with Crippen molar-refractivity contribution < 1.29 is 8.78 Å². The second-order valence-corrected chi connectivity index (χ2v) is 3.13. The minimum atomic E-state index is -0.608. The Morgan fingerprint density at radius 2 is 1.88 bits per heavy atom. The quantitative estimate of drug-likeness (QED) is 0.666. The van der Waals surface area contributed by atoms with E-state index in [1.165, 1.54) is 24.4 Å². The smallest absolute Gasteiger partial charge is 0.188 e. The summed E-state index contributed by atoms with van der Waals surface area (Å²) in [5.41, 5.74) is 0.457. The Morgan fingerprint density at radius 3 is 2.56 bits per heavy atom. The first-order valence-electron chi connectivity index (χ1n) is 4.49. The number of halogens is 2. The molecule has 1 heterocycles. The average molecular weight is 216 g/mol. The maximum Gasteiger partial charge on any atom is 0.188 e. The van der Waals surface area contributed by atoms with Crippen LogP contribution in [0, 0.1) is 18.2 Å². The van der Waals surface area contributed by atoms with Crippen LogP contribution in [0.3, 0.4) is 0 Å². The Hall–Kier alpha value is -2.28. The third-order valence-electron chi connectivity index (χ3n) is 2.14. The van der Waals surface area contributed by atoms with E-state index >= 15 is 0 Å². The molecule has 2 aromatic rings. The van der Waals surface area contributed by atoms with Crippen molar-refractivity contribution in [2.75, 3.05) is 0 Å². The molecule has 0 unspecified atom stereocenters. The molecule has 0 spiro atoms. The first-order chi connectivity index (χ1) is 7.72. The molecule has 0 saturated heterocycles. The van der Waals surface area contributed by atoms with Gasteiger partial charge in [-0.15, -0.1) is 0 Å². The Balaban J connectivity index is 2.65. The average Bonchev–Trinajstić information content (AvgIpc) is 2.31. The number of benzene rings is 1. The van der Waals surface area contributed by atoms with Crippen molar-refractivity contribution in [3.8, 4) is 11.1 Å². The van der Waals surface area contributed by atoms with E-state index in [9.17, 15) is 8.78 Å². The number of pyridine rings is 1. The van der Waals surface area contributed by atoms with Gasteiger partial charge in [0.25, 0.3) is 0 Å². The van der Waals surface area contributed by atoms with E-state index in [2.05, 4.69) is 9.83 Å². The summed E-state index contributed by atoms with van der Waals surface area (Å²) in [5.74, 6) is -1.17. The summed E-state index contributed by atoms with van der Waals surface area (Å²) in [7, 11) is 0. The van der Waals surface area contributed by atoms with E-state index < -0.39 is 11.6 Å². The van der Waals surface area contributed by atoms with Gasteiger partial charge >= 0.3 is 0 Å². The first-order valence-corrected chi connectivity index (χ1v) is 4.49. The van der Waals surface area contributed by atoms with Crippen LogP contribution in [-0.4, -0.2) is 4.98 Å². The number of hydrogen-bond acceptors (Lipinski definition) is 1. The van der Waals surface area contributed by atoms with E-state index in [0.717, 1.165) is 12.3 Å². The van der Waals surface area contributed by atoms with Gasteiger partial charge < -0.3 is 0 Å². The summed E-state index contributed by atoms with van der Waals surface area (Å²) in [6, 6.07) is 5.20. The van der Waals surface area contributed by atoms with Gasteiger partial charge in [0, 0.05) is 17.3 Å². The van der Waals surface area contributed by atoms with Crippen LogP contribution in [0.4, 0.5) is 14.5 Å². The Labute approximate surface area is 91.0 Å². The second kappa shape index (κ2) is 4.07. The second-order valence-electron chi connectivity index (χ2n) is 3.13. The fraction of sp³-hybridized carbons (Fsp3) is 0. The monoisotopic (exact) mass is 216 g/mol. The van der Waals surface area contributed by atoms with Crippen LogP contribution in [-0.2, 0) is 0 Å². The van der Waals surface area contributed by atoms with Gasteiger partial charge in [0.15, 0.2) is 5.69 Å². The molecular formula is C12H6F2N2. The molecule has 1 aromatic carbocycles. The topological polar surface area (TPSA) is 17.2 Å². The highest BCUT2D eigenvalue weighted by molar-refractivity contribution is 5.69. The number of aromatic nitrogens is 1. The molecule has 0 aliphatic heterocycles. The molecule has 0 radical (unpaired) electrons. The molecule has 2 rings (SSSR count). The van der Waals surface area contributed by atoms with Gasteiger partial charge in [0.2, 0.25) is 0 Å². The molecule has 0 N–H and O–H groups in total. The molecule has 0 aliphatic carbocycles. The lowest BCUT2D eigenvalue weighted by atomic mass is 10.1. The minimum absolute atomic E-state index is 0.0772. The summed E-state index contributed by atoms with van der Waals surface area (Å²) in [5, 5.41) is 0. The number of hydrogen-bond donors (Lipinski definition) is 0. The van der Waals surface area contributed by atoms with Gasteiger partial charge in [0.1, 0.15) is 11.6 Å². The third-order valence-corrected chi connectivity index (χ3v) is 2.14. The van der Waals surface area contributed by atoms with Crippen molar-refractivity contribution in [1.82, 2.24) is 4.98 Å². The van der Waals surface area contributed by atoms with Gasteiger partial charge in [-0.1, -0.05) is 6.07 Å². The standard InChI is InChI=1S/C12H6F2N2/c1-15-8-2-3-11(13)10(6-8)9-4-5-16-7-12(9)14/h2-7H. The normalized spacial score (nSPS) is 9.81. The molecule has 2 nitrogen and oxygen atoms in total. The van der Waals surface area contributed by atoms with Crippen LogP contribution in [0.1, 0.15) is 0 Å². The van der Waals surface area contributed by atoms with Crippen molar-refractivity contribution >= 4 is 5.69 Å². The summed E-state index contributed by atoms with van der Waals surface area (Å²) < 4.78 is 26.9. The predicted octanol–water partition coefficient (Wildman–Crippen LogP) is 3.58. The zero-order valence-electron chi connectivity index (χ0n) is 8.11. The molecule has 0 amide bonds. The largest absolute Gasteiger partial charge is 0.262 e. The highest BCUT2D eigenvalue weighted by Crippen LogP contribution is 2.28. The van der Waals surface area contributed by atoms with E-state index in [0.29, 0.717) is 0 Å². The molecule has 0 saturated carbocycles. The first kappa shape index (κ1) is 10.2. The zero-order valence-corrected chi connectivity index (χ0v) is 8.11. The molecule has 0 aliphatic rings. The molecule has 0 fully saturated rings. The van der Waals surface area contributed by atoms with E-state index in [4.69, 9.17) is 6.57 Å². The Bertz CT molecular complexity index is 573. The maximum absolute atomic E-state index is 13.5. The Kier molecular flexibility index (Phi) is 2.61. The number of rotatable bonds is 1. The van der Waals surface area contributed by atoms with Crippen molar-refractivity contribution in [2.45, 2.75) is 0 Å². The van der Waals surface area contributed by atoms with Crippen LogP contribution in [0.2, 0.25) is 0 Å². The lowest BCUT2D eigenvalue weighted by molar-refractivity contribution is 0.613. The third kappa shape index (κ3) is 1.75. The van der Waals surface area contributed by atoms with Gasteiger partial charge in [-0.2, -0.15) is 0 Å². The van der Waals surface area contributed by atoms with Crippen LogP contribution in [0.5, 0.6) is 0 Å². The molecule has 0 atom stereocenters. The van der Waals surface area contributed by atoms with Crippen molar-refractivity contribution in [3.63, 3.8) is 0 Å². The Morgan fingerprint density at radius 1 is 1.06 bits per heavy atom. The van der Waals surface area contributed by atoms with Gasteiger partial charge in [0.05, 0.1) is 12.8 Å². The SMILES string of the molecule is [C-]#[N+]c1ccc(F)c(-c2ccncc2F)c1. The highest BCUT2D eigenvalue weighted by atomic mass is 19.1. The summed E-state index contributed by atoms with van der Waals surface area (Å²) in [4.78, 5) is 6.76. The molecule has 0 bridgehead atoms. The van der Waals surface area contributed by atoms with E-state index in [1.807, 2.05) is 0 Å². The van der Waals surface area contributed by atoms with Crippen LogP contribution >= 0.6 is 0 Å². The summed E-state index contributed by atoms with van der Waals surface area (Å²) in [6.45, 7) is 6.82. The lowest BCUT2D eigenvalue weighted by Crippen LogP contribution is -1.88. The summed E-state index contributed by atoms with van der Waals surface area (Å²) in [6.07, 6.45) is 2.39.